The number of benzene rings is 3. The number of rotatable bonds is 8. The van der Waals surface area contributed by atoms with Gasteiger partial charge in [0.1, 0.15) is 11.5 Å². The molecule has 0 fully saturated rings. The Morgan fingerprint density at radius 2 is 1.29 bits per heavy atom. The van der Waals surface area contributed by atoms with Crippen molar-refractivity contribution in [2.75, 3.05) is 5.75 Å². The van der Waals surface area contributed by atoms with Gasteiger partial charge in [-0.3, -0.25) is 0 Å². The molecular weight excluding hydrogens is 467 g/mol. The fraction of sp³-hybridized carbons (Fsp3) is 0.143. The van der Waals surface area contributed by atoms with E-state index in [2.05, 4.69) is 36.4 Å². The molecule has 146 valence electrons. The lowest BCUT2D eigenvalue weighted by Gasteiger charge is -2.11. The van der Waals surface area contributed by atoms with Gasteiger partial charge in [0.25, 0.3) is 0 Å². The SMILES string of the molecule is Oc1ccc([S+](CCC[Si](Cl)(Cl)Cl)c2ccc(Sc3ccccc3)cc2)cc1. The third-order valence-corrected chi connectivity index (χ3v) is 10.0. The average molecular weight is 487 g/mol. The Morgan fingerprint density at radius 3 is 1.86 bits per heavy atom. The van der Waals surface area contributed by atoms with E-state index >= 15 is 0 Å². The molecule has 1 atom stereocenters. The van der Waals surface area contributed by atoms with E-state index in [1.807, 2.05) is 30.3 Å². The van der Waals surface area contributed by atoms with Crippen LogP contribution in [0, 0.1) is 0 Å². The summed E-state index contributed by atoms with van der Waals surface area (Å²) in [5.74, 6) is 1.20. The van der Waals surface area contributed by atoms with Crippen LogP contribution < -0.4 is 0 Å². The van der Waals surface area contributed by atoms with Crippen molar-refractivity contribution in [2.24, 2.45) is 0 Å². The molecule has 7 heteroatoms. The van der Waals surface area contributed by atoms with Crippen molar-refractivity contribution in [2.45, 2.75) is 32.0 Å². The van der Waals surface area contributed by atoms with Crippen molar-refractivity contribution < 1.29 is 5.11 Å². The Bertz CT molecular complexity index is 869. The van der Waals surface area contributed by atoms with E-state index < -0.39 is 6.00 Å². The summed E-state index contributed by atoms with van der Waals surface area (Å²) in [7, 11) is -0.123. The van der Waals surface area contributed by atoms with Crippen LogP contribution in [-0.4, -0.2) is 16.9 Å². The van der Waals surface area contributed by atoms with E-state index in [1.165, 1.54) is 19.6 Å². The fourth-order valence-electron chi connectivity index (χ4n) is 2.70. The van der Waals surface area contributed by atoms with Crippen molar-refractivity contribution in [1.82, 2.24) is 0 Å². The van der Waals surface area contributed by atoms with Crippen LogP contribution in [-0.2, 0) is 10.9 Å². The lowest BCUT2D eigenvalue weighted by atomic mass is 10.3. The van der Waals surface area contributed by atoms with Crippen molar-refractivity contribution in [1.29, 1.82) is 0 Å². The largest absolute Gasteiger partial charge is 0.508 e. The highest BCUT2D eigenvalue weighted by molar-refractivity contribution is 7.99. The van der Waals surface area contributed by atoms with Gasteiger partial charge in [-0.15, -0.1) is 33.2 Å². The molecule has 1 nitrogen and oxygen atoms in total. The van der Waals surface area contributed by atoms with Crippen LogP contribution in [0.2, 0.25) is 6.04 Å². The number of hydrogen-bond acceptors (Lipinski definition) is 2. The van der Waals surface area contributed by atoms with E-state index in [-0.39, 0.29) is 16.6 Å². The molecule has 3 aromatic rings. The van der Waals surface area contributed by atoms with Gasteiger partial charge in [0.2, 0.25) is 0 Å². The molecule has 0 saturated carbocycles. The predicted octanol–water partition coefficient (Wildman–Crippen LogP) is 7.63. The quantitative estimate of drug-likeness (QED) is 0.201. The summed E-state index contributed by atoms with van der Waals surface area (Å²) in [4.78, 5) is 4.87. The summed E-state index contributed by atoms with van der Waals surface area (Å²) in [6.07, 6.45) is 0.868. The number of hydrogen-bond donors (Lipinski definition) is 1. The first kappa shape index (κ1) is 21.9. The minimum atomic E-state index is -2.61. The van der Waals surface area contributed by atoms with Gasteiger partial charge >= 0.3 is 6.00 Å². The van der Waals surface area contributed by atoms with Gasteiger partial charge in [0, 0.05) is 9.79 Å². The molecule has 0 saturated heterocycles. The van der Waals surface area contributed by atoms with Crippen LogP contribution in [0.15, 0.2) is 98.4 Å². The molecule has 28 heavy (non-hydrogen) atoms. The van der Waals surface area contributed by atoms with Gasteiger partial charge in [-0.2, -0.15) is 0 Å². The molecule has 0 radical (unpaired) electrons. The first-order chi connectivity index (χ1) is 13.4. The second-order valence-corrected chi connectivity index (χ2v) is 18.8. The van der Waals surface area contributed by atoms with Gasteiger partial charge in [-0.25, -0.2) is 0 Å². The monoisotopic (exact) mass is 485 g/mol. The molecule has 0 aliphatic heterocycles. The molecule has 0 aliphatic carbocycles. The zero-order valence-corrected chi connectivity index (χ0v) is 19.9. The van der Waals surface area contributed by atoms with Crippen molar-refractivity contribution in [3.63, 3.8) is 0 Å². The zero-order valence-electron chi connectivity index (χ0n) is 15.0. The first-order valence-corrected chi connectivity index (χ1v) is 16.3. The van der Waals surface area contributed by atoms with Gasteiger partial charge < -0.3 is 5.11 Å². The summed E-state index contributed by atoms with van der Waals surface area (Å²) >= 11 is 19.9. The predicted molar refractivity (Wildman–Crippen MR) is 127 cm³/mol. The molecule has 0 aliphatic rings. The molecule has 0 amide bonds. The smallest absolute Gasteiger partial charge is 0.341 e. The van der Waals surface area contributed by atoms with Gasteiger partial charge in [0.05, 0.1) is 10.9 Å². The van der Waals surface area contributed by atoms with E-state index in [0.717, 1.165) is 12.2 Å². The van der Waals surface area contributed by atoms with E-state index in [9.17, 15) is 5.11 Å². The molecule has 3 aromatic carbocycles. The van der Waals surface area contributed by atoms with Crippen LogP contribution in [0.1, 0.15) is 6.42 Å². The van der Waals surface area contributed by atoms with Crippen LogP contribution in [0.5, 0.6) is 5.75 Å². The average Bonchev–Trinajstić information content (AvgIpc) is 2.67. The number of halogens is 3. The van der Waals surface area contributed by atoms with E-state index in [0.29, 0.717) is 6.04 Å². The Labute approximate surface area is 188 Å². The topological polar surface area (TPSA) is 20.2 Å². The maximum absolute atomic E-state index is 9.62. The second-order valence-electron chi connectivity index (χ2n) is 6.19. The second kappa shape index (κ2) is 10.3. The minimum absolute atomic E-state index is 0.123. The summed E-state index contributed by atoms with van der Waals surface area (Å²) in [5.41, 5.74) is 0. The third kappa shape index (κ3) is 6.94. The summed E-state index contributed by atoms with van der Waals surface area (Å²) in [5, 5.41) is 9.62. The summed E-state index contributed by atoms with van der Waals surface area (Å²) < 4.78 is 0. The molecule has 1 unspecified atom stereocenters. The Balaban J connectivity index is 1.77. The fourth-order valence-corrected chi connectivity index (χ4v) is 7.68. The van der Waals surface area contributed by atoms with Crippen molar-refractivity contribution in [3.8, 4) is 5.75 Å². The molecule has 3 rings (SSSR count). The highest BCUT2D eigenvalue weighted by Crippen LogP contribution is 2.33. The van der Waals surface area contributed by atoms with E-state index in [1.54, 1.807) is 23.9 Å². The maximum Gasteiger partial charge on any atom is 0.341 e. The molecule has 1 N–H and O–H groups in total. The Kier molecular flexibility index (Phi) is 8.09. The highest BCUT2D eigenvalue weighted by atomic mass is 35.8. The van der Waals surface area contributed by atoms with Crippen LogP contribution in [0.4, 0.5) is 0 Å². The van der Waals surface area contributed by atoms with Gasteiger partial charge in [-0.05, 0) is 73.1 Å². The minimum Gasteiger partial charge on any atom is -0.508 e. The lowest BCUT2D eigenvalue weighted by molar-refractivity contribution is 0.475. The van der Waals surface area contributed by atoms with E-state index in [4.69, 9.17) is 33.2 Å². The van der Waals surface area contributed by atoms with Crippen LogP contribution in [0.25, 0.3) is 0 Å². The molecule has 0 aromatic heterocycles. The standard InChI is InChI=1S/C21H19Cl3OS2Si/c22-28(23,24)16-4-15-27(20-11-7-17(25)8-12-20)21-13-9-19(10-14-21)26-18-5-2-1-3-6-18/h1-3,5-14H,4,15-16H2/p+1. The van der Waals surface area contributed by atoms with Crippen molar-refractivity contribution >= 4 is 61.9 Å². The first-order valence-electron chi connectivity index (χ1n) is 8.80. The van der Waals surface area contributed by atoms with Gasteiger partial charge in [-0.1, -0.05) is 30.0 Å². The molecule has 0 heterocycles. The normalized spacial score (nSPS) is 12.7. The Hall–Kier alpha value is -0.753. The van der Waals surface area contributed by atoms with Crippen molar-refractivity contribution in [3.05, 3.63) is 78.9 Å². The Morgan fingerprint density at radius 1 is 0.750 bits per heavy atom. The third-order valence-electron chi connectivity index (χ3n) is 4.02. The summed E-state index contributed by atoms with van der Waals surface area (Å²) in [6.45, 7) is 0. The zero-order chi connectivity index (χ0) is 20.0. The molecular formula is C21H20Cl3OS2Si+. The lowest BCUT2D eigenvalue weighted by Crippen LogP contribution is -2.14. The molecule has 0 spiro atoms. The highest BCUT2D eigenvalue weighted by Gasteiger charge is 2.29. The number of phenolic OH excluding ortho intramolecular Hbond substituents is 1. The van der Waals surface area contributed by atoms with Crippen LogP contribution >= 0.6 is 45.0 Å². The van der Waals surface area contributed by atoms with Crippen LogP contribution in [0.3, 0.4) is 0 Å². The number of phenols is 1. The van der Waals surface area contributed by atoms with Gasteiger partial charge in [0.15, 0.2) is 9.79 Å². The summed E-state index contributed by atoms with van der Waals surface area (Å²) in [6, 6.07) is 24.5. The maximum atomic E-state index is 9.62. The number of aromatic hydroxyl groups is 1. The molecule has 0 bridgehead atoms.